The van der Waals surface area contributed by atoms with E-state index in [1.807, 2.05) is 61.8 Å². The summed E-state index contributed by atoms with van der Waals surface area (Å²) >= 11 is 0. The van der Waals surface area contributed by atoms with Crippen molar-refractivity contribution in [1.82, 2.24) is 10.9 Å². The van der Waals surface area contributed by atoms with E-state index in [1.54, 1.807) is 19.1 Å². The van der Waals surface area contributed by atoms with Crippen molar-refractivity contribution in [2.24, 2.45) is 34.7 Å². The second-order valence-corrected chi connectivity index (χ2v) is 13.7. The Morgan fingerprint density at radius 2 is 1.62 bits per heavy atom. The number of unbranched alkanes of at least 4 members (excludes halogenated alkanes) is 1. The molecule has 0 saturated heterocycles. The van der Waals surface area contributed by atoms with Crippen LogP contribution in [0.2, 0.25) is 0 Å². The summed E-state index contributed by atoms with van der Waals surface area (Å²) in [5, 5.41) is 9.59. The molecule has 0 spiro atoms. The van der Waals surface area contributed by atoms with E-state index in [0.717, 1.165) is 30.4 Å². The number of carbonyl (C=O) groups excluding carboxylic acids is 3. The van der Waals surface area contributed by atoms with Crippen molar-refractivity contribution in [2.75, 3.05) is 0 Å². The number of allylic oxidation sites excluding steroid dienone is 1. The Hall–Kier alpha value is -3.42. The number of hydroxylamine groups is 1. The Balaban J connectivity index is 0.000000841. The average Bonchev–Trinajstić information content (AvgIpc) is 3.04. The second-order valence-electron chi connectivity index (χ2n) is 12.3. The lowest BCUT2D eigenvalue weighted by Crippen LogP contribution is -2.55. The summed E-state index contributed by atoms with van der Waals surface area (Å²) in [5.74, 6) is 3.29. The van der Waals surface area contributed by atoms with E-state index in [9.17, 15) is 28.0 Å². The van der Waals surface area contributed by atoms with Gasteiger partial charge in [0.1, 0.15) is 5.41 Å². The number of nitrogens with two attached hydrogens (primary N) is 2. The van der Waals surface area contributed by atoms with Crippen LogP contribution in [0.3, 0.4) is 0 Å². The van der Waals surface area contributed by atoms with E-state index in [-0.39, 0.29) is 35.4 Å². The third-order valence-corrected chi connectivity index (χ3v) is 9.20. The topological polar surface area (TPSA) is 202 Å². The Kier molecular flexibility index (Phi) is 18.4. The maximum absolute atomic E-state index is 13.4. The van der Waals surface area contributed by atoms with Crippen LogP contribution in [-0.2, 0) is 24.5 Å². The first-order valence-corrected chi connectivity index (χ1v) is 17.6. The number of ketones is 1. The van der Waals surface area contributed by atoms with Crippen molar-refractivity contribution in [3.05, 3.63) is 71.8 Å². The van der Waals surface area contributed by atoms with Gasteiger partial charge in [0.25, 0.3) is 10.1 Å². The lowest BCUT2D eigenvalue weighted by atomic mass is 9.65. The fourth-order valence-corrected chi connectivity index (χ4v) is 6.37. The van der Waals surface area contributed by atoms with Gasteiger partial charge in [-0.15, -0.1) is 0 Å². The minimum Gasteiger partial charge on any atom is -0.322 e. The van der Waals surface area contributed by atoms with E-state index in [1.165, 1.54) is 12.1 Å². The second kappa shape index (κ2) is 20.7. The lowest BCUT2D eigenvalue weighted by Gasteiger charge is -2.38. The summed E-state index contributed by atoms with van der Waals surface area (Å²) in [7, 11) is -4.02. The largest absolute Gasteiger partial charge is 0.322 e. The van der Waals surface area contributed by atoms with Crippen LogP contribution in [0.25, 0.3) is 6.08 Å². The van der Waals surface area contributed by atoms with Crippen LogP contribution >= 0.6 is 0 Å². The fraction of sp³-hybridized carbons (Fsp3) is 0.514. The van der Waals surface area contributed by atoms with Crippen molar-refractivity contribution in [1.29, 1.82) is 0 Å². The van der Waals surface area contributed by atoms with Crippen molar-refractivity contribution in [3.63, 3.8) is 0 Å². The average molecular weight is 675 g/mol. The zero-order valence-electron chi connectivity index (χ0n) is 28.3. The van der Waals surface area contributed by atoms with E-state index >= 15 is 0 Å². The Morgan fingerprint density at radius 3 is 2.11 bits per heavy atom. The molecule has 0 radical (unpaired) electrons. The van der Waals surface area contributed by atoms with Crippen LogP contribution in [-0.4, -0.2) is 41.8 Å². The molecule has 2 amide bonds. The number of aryl methyl sites for hydroxylation is 1. The van der Waals surface area contributed by atoms with E-state index in [2.05, 4.69) is 19.3 Å². The molecule has 47 heavy (non-hydrogen) atoms. The predicted octanol–water partition coefficient (Wildman–Crippen LogP) is 5.37. The van der Waals surface area contributed by atoms with Crippen molar-refractivity contribution < 1.29 is 32.6 Å². The van der Waals surface area contributed by atoms with Crippen LogP contribution < -0.4 is 22.5 Å². The third-order valence-electron chi connectivity index (χ3n) is 8.33. The standard InChI is InChI=1S/C28H46N4O4.C7H8O3S/c1-5-7-12-20(3)18-23(19-28(17-6-2,27(35)31-30)25(33)21(4)29)24(26(34)32-36)16-11-15-22-13-9-8-10-14-22;1-6-2-4-7(5-3-6)11(8,9)10/h8-11,13-15,20-21,23-24,36H,5-7,12,16-19,29-30H2,1-4H3,(H,31,35)(H,32,34);2-5H,1H3,(H,8,9,10)/b15-11+;/t20?,21-,23-,24+,28?;/m1./s1. The summed E-state index contributed by atoms with van der Waals surface area (Å²) in [6, 6.07) is 14.8. The van der Waals surface area contributed by atoms with Gasteiger partial charge in [-0.3, -0.25) is 29.6 Å². The first-order valence-electron chi connectivity index (χ1n) is 16.2. The number of amides is 2. The third kappa shape index (κ3) is 13.7. The zero-order valence-corrected chi connectivity index (χ0v) is 29.1. The molecule has 12 heteroatoms. The molecule has 11 nitrogen and oxygen atoms in total. The van der Waals surface area contributed by atoms with Gasteiger partial charge in [0, 0.05) is 5.92 Å². The van der Waals surface area contributed by atoms with Gasteiger partial charge in [0.2, 0.25) is 11.8 Å². The highest BCUT2D eigenvalue weighted by molar-refractivity contribution is 7.85. The molecule has 5 atom stereocenters. The quantitative estimate of drug-likeness (QED) is 0.0300. The van der Waals surface area contributed by atoms with Crippen LogP contribution in [0.5, 0.6) is 0 Å². The van der Waals surface area contributed by atoms with Crippen molar-refractivity contribution in [3.8, 4) is 0 Å². The molecular formula is C35H54N4O7S. The molecule has 0 aliphatic rings. The van der Waals surface area contributed by atoms with Gasteiger partial charge in [0.15, 0.2) is 5.78 Å². The van der Waals surface area contributed by atoms with Crippen LogP contribution in [0.1, 0.15) is 90.2 Å². The Morgan fingerprint density at radius 1 is 1.00 bits per heavy atom. The number of Topliss-reactive ketones (excluding diaryl/α,β-unsaturated/α-hetero) is 1. The molecule has 0 aliphatic heterocycles. The summed E-state index contributed by atoms with van der Waals surface area (Å²) in [6.07, 6.45) is 8.79. The van der Waals surface area contributed by atoms with Crippen LogP contribution in [0.15, 0.2) is 65.6 Å². The molecule has 2 unspecified atom stereocenters. The van der Waals surface area contributed by atoms with Gasteiger partial charge < -0.3 is 5.73 Å². The van der Waals surface area contributed by atoms with Gasteiger partial charge in [-0.25, -0.2) is 11.3 Å². The lowest BCUT2D eigenvalue weighted by molar-refractivity contribution is -0.147. The molecule has 2 aromatic carbocycles. The monoisotopic (exact) mass is 674 g/mol. The van der Waals surface area contributed by atoms with Gasteiger partial charge in [-0.2, -0.15) is 8.42 Å². The van der Waals surface area contributed by atoms with Crippen LogP contribution in [0.4, 0.5) is 0 Å². The molecule has 0 aliphatic carbocycles. The molecule has 2 rings (SSSR count). The fourth-order valence-electron chi connectivity index (χ4n) is 5.89. The van der Waals surface area contributed by atoms with Gasteiger partial charge >= 0.3 is 0 Å². The molecule has 8 N–H and O–H groups in total. The molecule has 262 valence electrons. The molecule has 0 bridgehead atoms. The van der Waals surface area contributed by atoms with Crippen molar-refractivity contribution >= 4 is 33.8 Å². The molecule has 0 saturated carbocycles. The Bertz CT molecular complexity index is 1380. The highest BCUT2D eigenvalue weighted by Gasteiger charge is 2.48. The first-order chi connectivity index (χ1) is 22.2. The maximum atomic E-state index is 13.4. The summed E-state index contributed by atoms with van der Waals surface area (Å²) in [5.41, 5.74) is 10.5. The minimum atomic E-state index is -4.02. The van der Waals surface area contributed by atoms with E-state index < -0.39 is 39.3 Å². The predicted molar refractivity (Wildman–Crippen MR) is 184 cm³/mol. The summed E-state index contributed by atoms with van der Waals surface area (Å²) < 4.78 is 29.6. The van der Waals surface area contributed by atoms with E-state index in [0.29, 0.717) is 19.3 Å². The molecule has 0 heterocycles. The number of nitrogens with one attached hydrogen (secondary N) is 2. The van der Waals surface area contributed by atoms with Crippen LogP contribution in [0, 0.1) is 30.1 Å². The number of hydrazine groups is 1. The SMILES string of the molecule is CCCCC(C)C[C@H](CC(CCC)(C(=O)NN)C(=O)[C@@H](C)N)[C@H](C/C=C/c1ccccc1)C(=O)NO.Cc1ccc(S(=O)(=O)O)cc1. The van der Waals surface area contributed by atoms with Crippen molar-refractivity contribution in [2.45, 2.75) is 96.9 Å². The maximum Gasteiger partial charge on any atom is 0.294 e. The Labute approximate surface area is 280 Å². The molecule has 0 aromatic heterocycles. The normalized spacial score (nSPS) is 15.3. The zero-order chi connectivity index (χ0) is 35.6. The van der Waals surface area contributed by atoms with Gasteiger partial charge in [-0.05, 0) is 69.1 Å². The molecule has 2 aromatic rings. The van der Waals surface area contributed by atoms with Gasteiger partial charge in [0.05, 0.1) is 10.9 Å². The molecular weight excluding hydrogens is 620 g/mol. The minimum absolute atomic E-state index is 0.0666. The number of rotatable bonds is 18. The number of carbonyl (C=O) groups is 3. The highest BCUT2D eigenvalue weighted by Crippen LogP contribution is 2.41. The highest BCUT2D eigenvalue weighted by atomic mass is 32.2. The first kappa shape index (κ1) is 41.6. The summed E-state index contributed by atoms with van der Waals surface area (Å²) in [4.78, 5) is 39.4. The smallest absolute Gasteiger partial charge is 0.294 e. The number of hydrogen-bond donors (Lipinski definition) is 6. The number of hydrogen-bond acceptors (Lipinski definition) is 8. The number of benzene rings is 2. The van der Waals surface area contributed by atoms with E-state index in [4.69, 9.17) is 16.1 Å². The van der Waals surface area contributed by atoms with Gasteiger partial charge in [-0.1, -0.05) is 107 Å². The summed E-state index contributed by atoms with van der Waals surface area (Å²) in [6.45, 7) is 9.55. The molecule has 0 fully saturated rings.